The van der Waals surface area contributed by atoms with Crippen molar-refractivity contribution in [2.75, 3.05) is 18.4 Å². The van der Waals surface area contributed by atoms with E-state index in [4.69, 9.17) is 0 Å². The molecule has 1 heterocycles. The maximum Gasteiger partial charge on any atom is 0.246 e. The Kier molecular flexibility index (Phi) is 9.56. The Morgan fingerprint density at radius 3 is 2.48 bits per heavy atom. The van der Waals surface area contributed by atoms with Crippen molar-refractivity contribution in [3.8, 4) is 0 Å². The Morgan fingerprint density at radius 2 is 1.85 bits per heavy atom. The fourth-order valence-electron chi connectivity index (χ4n) is 2.06. The van der Waals surface area contributed by atoms with Gasteiger partial charge in [-0.1, -0.05) is 0 Å². The Hall–Kier alpha value is -1.82. The highest BCUT2D eigenvalue weighted by Gasteiger charge is 2.15. The van der Waals surface area contributed by atoms with Crippen LogP contribution in [0.25, 0.3) is 0 Å². The largest absolute Gasteiger partial charge is 0.357 e. The van der Waals surface area contributed by atoms with E-state index in [1.54, 1.807) is 11.3 Å². The topological polar surface area (TPSA) is 65.5 Å². The van der Waals surface area contributed by atoms with Crippen LogP contribution in [-0.4, -0.2) is 25.0 Å². The van der Waals surface area contributed by atoms with Crippen LogP contribution in [0.2, 0.25) is 0 Å². The molecule has 0 aliphatic heterocycles. The Morgan fingerprint density at radius 1 is 1.11 bits per heavy atom. The summed E-state index contributed by atoms with van der Waals surface area (Å²) in [7, 11) is 0. The fourth-order valence-corrected chi connectivity index (χ4v) is 2.89. The molecular formula is C17H20F3IN4OS. The number of anilines is 1. The number of benzene rings is 1. The van der Waals surface area contributed by atoms with Gasteiger partial charge >= 0.3 is 0 Å². The molecule has 10 heteroatoms. The van der Waals surface area contributed by atoms with Crippen molar-refractivity contribution < 1.29 is 18.0 Å². The van der Waals surface area contributed by atoms with Gasteiger partial charge in [-0.15, -0.1) is 35.3 Å². The number of amides is 1. The smallest absolute Gasteiger partial charge is 0.246 e. The minimum Gasteiger partial charge on any atom is -0.357 e. The first-order chi connectivity index (χ1) is 12.4. The Labute approximate surface area is 176 Å². The zero-order valence-corrected chi connectivity index (χ0v) is 17.9. The number of aliphatic imine (C=N–C) groups is 1. The molecule has 27 heavy (non-hydrogen) atoms. The average molecular weight is 512 g/mol. The number of hydrogen-bond donors (Lipinski definition) is 3. The average Bonchev–Trinajstić information content (AvgIpc) is 3.03. The number of rotatable bonds is 6. The lowest BCUT2D eigenvalue weighted by molar-refractivity contribution is -0.114. The van der Waals surface area contributed by atoms with E-state index in [0.717, 1.165) is 17.0 Å². The molecule has 0 radical (unpaired) electrons. The molecule has 0 saturated heterocycles. The van der Waals surface area contributed by atoms with Gasteiger partial charge in [0.1, 0.15) is 6.54 Å². The molecule has 1 amide bonds. The molecule has 0 atom stereocenters. The third-order valence-corrected chi connectivity index (χ3v) is 4.26. The first-order valence-corrected chi connectivity index (χ1v) is 8.73. The first kappa shape index (κ1) is 23.2. The Balaban J connectivity index is 0.00000364. The van der Waals surface area contributed by atoms with Gasteiger partial charge in [0.2, 0.25) is 5.91 Å². The predicted octanol–water partition coefficient (Wildman–Crippen LogP) is 3.79. The van der Waals surface area contributed by atoms with Gasteiger partial charge in [-0.3, -0.25) is 4.79 Å². The maximum absolute atomic E-state index is 13.6. The lowest BCUT2D eigenvalue weighted by Gasteiger charge is -2.11. The van der Waals surface area contributed by atoms with Crippen molar-refractivity contribution in [3.63, 3.8) is 0 Å². The van der Waals surface area contributed by atoms with Gasteiger partial charge in [-0.05, 0) is 38.1 Å². The number of halogens is 4. The molecule has 5 nitrogen and oxygen atoms in total. The van der Waals surface area contributed by atoms with Crippen molar-refractivity contribution in [1.82, 2.24) is 10.6 Å². The monoisotopic (exact) mass is 512 g/mol. The van der Waals surface area contributed by atoms with E-state index in [0.29, 0.717) is 19.0 Å². The fraction of sp³-hybridized carbons (Fsp3) is 0.294. The lowest BCUT2D eigenvalue weighted by Crippen LogP contribution is -2.37. The molecule has 1 aromatic heterocycles. The van der Waals surface area contributed by atoms with E-state index in [1.165, 1.54) is 4.88 Å². The SMILES string of the molecule is CCNC(=NCC(=O)Nc1ccc(F)c(F)c1F)NCc1ccc(C)s1.I. The van der Waals surface area contributed by atoms with Gasteiger partial charge in [0.25, 0.3) is 0 Å². The molecule has 0 aliphatic carbocycles. The molecular weight excluding hydrogens is 492 g/mol. The highest BCUT2D eigenvalue weighted by Crippen LogP contribution is 2.19. The van der Waals surface area contributed by atoms with Crippen LogP contribution in [-0.2, 0) is 11.3 Å². The molecule has 0 aliphatic rings. The summed E-state index contributed by atoms with van der Waals surface area (Å²) in [4.78, 5) is 18.3. The summed E-state index contributed by atoms with van der Waals surface area (Å²) in [6, 6.07) is 5.70. The van der Waals surface area contributed by atoms with Gasteiger partial charge in [-0.25, -0.2) is 18.2 Å². The van der Waals surface area contributed by atoms with Crippen molar-refractivity contribution in [3.05, 3.63) is 51.5 Å². The second kappa shape index (κ2) is 11.1. The summed E-state index contributed by atoms with van der Waals surface area (Å²) < 4.78 is 39.6. The predicted molar refractivity (Wildman–Crippen MR) is 112 cm³/mol. The third kappa shape index (κ3) is 7.01. The zero-order valence-electron chi connectivity index (χ0n) is 14.7. The van der Waals surface area contributed by atoms with E-state index in [-0.39, 0.29) is 30.5 Å². The molecule has 1 aromatic carbocycles. The number of carbonyl (C=O) groups excluding carboxylic acids is 1. The summed E-state index contributed by atoms with van der Waals surface area (Å²) in [5.74, 6) is -4.63. The summed E-state index contributed by atoms with van der Waals surface area (Å²) >= 11 is 1.65. The highest BCUT2D eigenvalue weighted by molar-refractivity contribution is 14.0. The molecule has 3 N–H and O–H groups in total. The van der Waals surface area contributed by atoms with Crippen molar-refractivity contribution >= 4 is 52.9 Å². The van der Waals surface area contributed by atoms with Gasteiger partial charge in [0.05, 0.1) is 12.2 Å². The summed E-state index contributed by atoms with van der Waals surface area (Å²) in [5.41, 5.74) is -0.434. The van der Waals surface area contributed by atoms with E-state index < -0.39 is 29.0 Å². The first-order valence-electron chi connectivity index (χ1n) is 7.91. The van der Waals surface area contributed by atoms with E-state index >= 15 is 0 Å². The second-order valence-electron chi connectivity index (χ2n) is 5.33. The van der Waals surface area contributed by atoms with Gasteiger partial charge in [0.15, 0.2) is 23.4 Å². The molecule has 2 aromatic rings. The number of aryl methyl sites for hydroxylation is 1. The summed E-state index contributed by atoms with van der Waals surface area (Å²) in [6.45, 7) is 4.72. The molecule has 0 bridgehead atoms. The normalized spacial score (nSPS) is 10.9. The minimum absolute atomic E-state index is 0. The van der Waals surface area contributed by atoms with Crippen LogP contribution < -0.4 is 16.0 Å². The summed E-state index contributed by atoms with van der Waals surface area (Å²) in [5, 5.41) is 8.24. The number of hydrogen-bond acceptors (Lipinski definition) is 3. The standard InChI is InChI=1S/C17H19F3N4OS.HI/c1-3-21-17(22-8-11-5-4-10(2)26-11)23-9-14(25)24-13-7-6-12(18)15(19)16(13)20;/h4-7H,3,8-9H2,1-2H3,(H,24,25)(H2,21,22,23);1H. The zero-order chi connectivity index (χ0) is 19.1. The van der Waals surface area contributed by atoms with Crippen molar-refractivity contribution in [1.29, 1.82) is 0 Å². The van der Waals surface area contributed by atoms with Crippen LogP contribution in [0, 0.1) is 24.4 Å². The molecule has 0 spiro atoms. The van der Waals surface area contributed by atoms with Gasteiger partial charge in [-0.2, -0.15) is 0 Å². The lowest BCUT2D eigenvalue weighted by atomic mass is 10.3. The van der Waals surface area contributed by atoms with Crippen molar-refractivity contribution in [2.24, 2.45) is 4.99 Å². The van der Waals surface area contributed by atoms with Crippen LogP contribution in [0.4, 0.5) is 18.9 Å². The minimum atomic E-state index is -1.63. The van der Waals surface area contributed by atoms with E-state index in [1.807, 2.05) is 26.0 Å². The summed E-state index contributed by atoms with van der Waals surface area (Å²) in [6.07, 6.45) is 0. The van der Waals surface area contributed by atoms with Crippen LogP contribution in [0.5, 0.6) is 0 Å². The Bertz CT molecular complexity index is 813. The number of nitrogens with one attached hydrogen (secondary N) is 3. The van der Waals surface area contributed by atoms with Crippen LogP contribution in [0.1, 0.15) is 16.7 Å². The molecule has 0 unspecified atom stereocenters. The van der Waals surface area contributed by atoms with E-state index in [9.17, 15) is 18.0 Å². The number of thiophene rings is 1. The van der Waals surface area contributed by atoms with E-state index in [2.05, 4.69) is 20.9 Å². The second-order valence-corrected chi connectivity index (χ2v) is 6.70. The van der Waals surface area contributed by atoms with Crippen LogP contribution in [0.3, 0.4) is 0 Å². The number of guanidine groups is 1. The molecule has 2 rings (SSSR count). The molecule has 148 valence electrons. The van der Waals surface area contributed by atoms with Gasteiger partial charge in [0, 0.05) is 16.3 Å². The van der Waals surface area contributed by atoms with Crippen LogP contribution in [0.15, 0.2) is 29.3 Å². The quantitative estimate of drug-likeness (QED) is 0.239. The third-order valence-electron chi connectivity index (χ3n) is 3.26. The molecule has 0 saturated carbocycles. The number of nitrogens with zero attached hydrogens (tertiary/aromatic N) is 1. The highest BCUT2D eigenvalue weighted by atomic mass is 127. The molecule has 0 fully saturated rings. The van der Waals surface area contributed by atoms with Crippen molar-refractivity contribution in [2.45, 2.75) is 20.4 Å². The van der Waals surface area contributed by atoms with Gasteiger partial charge < -0.3 is 16.0 Å². The maximum atomic E-state index is 13.6. The number of carbonyl (C=O) groups is 1. The van der Waals surface area contributed by atoms with Crippen LogP contribution >= 0.6 is 35.3 Å².